The second-order valence-electron chi connectivity index (χ2n) is 16.5. The fraction of sp³-hybridized carbons (Fsp3) is 0.0492. The number of halogens is 1. The molecule has 0 aliphatic rings. The number of carbonyl (C=O) groups is 1. The van der Waals surface area contributed by atoms with Gasteiger partial charge in [0.25, 0.3) is 0 Å². The van der Waals surface area contributed by atoms with Crippen LogP contribution in [0.4, 0.5) is 4.39 Å². The quantitative estimate of drug-likeness (QED) is 0.0467. The molecule has 0 aliphatic heterocycles. The zero-order valence-corrected chi connectivity index (χ0v) is 42.1. The predicted octanol–water partition coefficient (Wildman–Crippen LogP) is 15.6. The fourth-order valence-electron chi connectivity index (χ4n) is 8.85. The maximum atomic E-state index is 13.3. The average molecular weight is 1110 g/mol. The van der Waals surface area contributed by atoms with Crippen molar-refractivity contribution in [1.82, 2.24) is 14.1 Å². The van der Waals surface area contributed by atoms with Crippen molar-refractivity contribution in [3.8, 4) is 33.8 Å². The maximum Gasteiger partial charge on any atom is 0.155 e. The minimum Gasteiger partial charge on any atom is -0.512 e. The third-order valence-corrected chi connectivity index (χ3v) is 11.7. The van der Waals surface area contributed by atoms with Gasteiger partial charge in [0.05, 0.1) is 41.2 Å². The van der Waals surface area contributed by atoms with Gasteiger partial charge in [-0.1, -0.05) is 140 Å². The Kier molecular flexibility index (Phi) is 15.6. The van der Waals surface area contributed by atoms with E-state index in [9.17, 15) is 9.18 Å². The Hall–Kier alpha value is -7.47. The van der Waals surface area contributed by atoms with Crippen molar-refractivity contribution >= 4 is 88.2 Å². The van der Waals surface area contributed by atoms with Crippen molar-refractivity contribution in [3.05, 3.63) is 236 Å². The average Bonchev–Trinajstić information content (AvgIpc) is 3.89. The molecule has 0 bridgehead atoms. The summed E-state index contributed by atoms with van der Waals surface area (Å²) in [7, 11) is 7.17. The Morgan fingerprint density at radius 3 is 1.39 bits per heavy atom. The SMILES string of the molecule is CC(=O)C=C(C)O.Fc1[c-]c(-c2ccc3cc4ccccc4cc3n2)ccc1.[B]CP.[Ir].c1ccc2c(c1)c1ccccc1n2-c1ccc(-c2ccc(-n3c4ccccc4c4ccccc43)cc2)cc1. The number of allylic oxidation sites excluding steroid dienone is 2. The van der Waals surface area contributed by atoms with Crippen LogP contribution in [0, 0.1) is 11.9 Å². The largest absolute Gasteiger partial charge is 0.512 e. The number of aliphatic hydroxyl groups excluding tert-OH is 1. The second kappa shape index (κ2) is 22.3. The predicted molar refractivity (Wildman–Crippen MR) is 291 cm³/mol. The number of para-hydroxylation sites is 4. The second-order valence-corrected chi connectivity index (χ2v) is 16.9. The van der Waals surface area contributed by atoms with Crippen LogP contribution in [0.3, 0.4) is 0 Å². The van der Waals surface area contributed by atoms with Crippen molar-refractivity contribution in [2.24, 2.45) is 0 Å². The summed E-state index contributed by atoms with van der Waals surface area (Å²) in [5, 5.41) is 16.9. The van der Waals surface area contributed by atoms with Crippen LogP contribution >= 0.6 is 9.24 Å². The van der Waals surface area contributed by atoms with Crippen LogP contribution < -0.4 is 0 Å². The van der Waals surface area contributed by atoms with Gasteiger partial charge >= 0.3 is 0 Å². The molecule has 0 fully saturated rings. The Bertz CT molecular complexity index is 3540. The van der Waals surface area contributed by atoms with Gasteiger partial charge in [-0.05, 0) is 107 Å². The fourth-order valence-corrected chi connectivity index (χ4v) is 8.85. The number of carbonyl (C=O) groups excluding carboxylic acids is 1. The van der Waals surface area contributed by atoms with Gasteiger partial charge in [-0.2, -0.15) is 0 Å². The molecule has 0 saturated heterocycles. The minimum absolute atomic E-state index is 0. The van der Waals surface area contributed by atoms with Crippen molar-refractivity contribution < 1.29 is 34.4 Å². The molecular weight excluding hydrogens is 1060 g/mol. The van der Waals surface area contributed by atoms with Gasteiger partial charge in [-0.25, -0.2) is 4.39 Å². The summed E-state index contributed by atoms with van der Waals surface area (Å²) in [4.78, 5) is 14.7. The topological polar surface area (TPSA) is 60.0 Å². The van der Waals surface area contributed by atoms with E-state index in [4.69, 9.17) is 13.0 Å². The summed E-state index contributed by atoms with van der Waals surface area (Å²) >= 11 is 0. The zero-order chi connectivity index (χ0) is 47.9. The smallest absolute Gasteiger partial charge is 0.155 e. The van der Waals surface area contributed by atoms with Gasteiger partial charge in [-0.3, -0.25) is 9.78 Å². The molecule has 3 heterocycles. The van der Waals surface area contributed by atoms with Crippen molar-refractivity contribution in [3.63, 3.8) is 0 Å². The van der Waals surface area contributed by atoms with Gasteiger partial charge in [-0.15, -0.1) is 39.1 Å². The first-order chi connectivity index (χ1) is 33.7. The van der Waals surface area contributed by atoms with Crippen LogP contribution in [0.2, 0.25) is 0 Å². The van der Waals surface area contributed by atoms with Crippen LogP contribution in [0.15, 0.2) is 224 Å². The molecule has 0 amide bonds. The molecule has 1 N–H and O–H groups in total. The zero-order valence-electron chi connectivity index (χ0n) is 38.6. The van der Waals surface area contributed by atoms with Gasteiger partial charge in [0, 0.05) is 64.9 Å². The Morgan fingerprint density at radius 2 is 0.986 bits per heavy atom. The summed E-state index contributed by atoms with van der Waals surface area (Å²) in [5.41, 5.74) is 12.0. The number of hydrogen-bond acceptors (Lipinski definition) is 3. The summed E-state index contributed by atoms with van der Waals surface area (Å²) in [6.07, 6.45) is 1.17. The van der Waals surface area contributed by atoms with Gasteiger partial charge in [0.2, 0.25) is 0 Å². The molecule has 9 heteroatoms. The maximum absolute atomic E-state index is 13.3. The van der Waals surface area contributed by atoms with Crippen LogP contribution in [-0.2, 0) is 24.9 Å². The number of benzene rings is 9. The number of aliphatic hydroxyl groups is 1. The Morgan fingerprint density at radius 1 is 0.571 bits per heavy atom. The van der Waals surface area contributed by atoms with E-state index in [2.05, 4.69) is 199 Å². The van der Waals surface area contributed by atoms with Crippen LogP contribution in [0.25, 0.3) is 99.0 Å². The number of fused-ring (bicyclic) bond motifs is 8. The van der Waals surface area contributed by atoms with Gasteiger partial charge in [0.15, 0.2) is 5.78 Å². The molecule has 9 aromatic carbocycles. The number of pyridine rings is 1. The number of ketones is 1. The van der Waals surface area contributed by atoms with E-state index in [1.165, 1.54) is 97.5 Å². The number of rotatable bonds is 5. The van der Waals surface area contributed by atoms with Crippen molar-refractivity contribution in [1.29, 1.82) is 0 Å². The first kappa shape index (κ1) is 49.0. The monoisotopic (exact) mass is 1110 g/mol. The summed E-state index contributed by atoms with van der Waals surface area (Å²) in [6, 6.07) is 77.0. The van der Waals surface area contributed by atoms with Crippen LogP contribution in [-0.4, -0.2) is 38.9 Å². The van der Waals surface area contributed by atoms with E-state index in [0.29, 0.717) is 11.6 Å². The standard InChI is InChI=1S/C36H24N2.C19H11FN.C5H8O2.CH4BP.Ir/c1-5-13-33-29(9-1)30-10-2-6-14-34(30)37(33)27-21-17-25(18-22-27)26-19-23-28(24-20-26)38-35-15-7-3-11-31(35)32-12-4-8-16-36(32)38;20-17-7-3-6-15(11-17)18-9-8-16-10-13-4-1-2-5-14(13)12-19(16)21-18;1-4(6)3-5(2)7;2-1-3;/h1-24H;1-10,12H;3,6H,1-2H3;1,3H2;/q;-1;;;. The molecule has 3 radical (unpaired) electrons. The molecule has 0 spiro atoms. The van der Waals surface area contributed by atoms with Crippen LogP contribution in [0.1, 0.15) is 13.8 Å². The van der Waals surface area contributed by atoms with E-state index in [0.717, 1.165) is 22.0 Å². The van der Waals surface area contributed by atoms with Gasteiger partial charge in [0.1, 0.15) is 0 Å². The van der Waals surface area contributed by atoms with E-state index in [-0.39, 0.29) is 37.5 Å². The third-order valence-electron chi connectivity index (χ3n) is 11.7. The normalized spacial score (nSPS) is 11.1. The molecule has 70 heavy (non-hydrogen) atoms. The summed E-state index contributed by atoms with van der Waals surface area (Å²) in [6.45, 7) is 2.85. The Labute approximate surface area is 423 Å². The van der Waals surface area contributed by atoms with Crippen molar-refractivity contribution in [2.75, 3.05) is 6.06 Å². The molecule has 1 unspecified atom stereocenters. The summed E-state index contributed by atoms with van der Waals surface area (Å²) < 4.78 is 18.0. The third kappa shape index (κ3) is 10.6. The first-order valence-corrected chi connectivity index (χ1v) is 23.5. The number of aromatic nitrogens is 3. The van der Waals surface area contributed by atoms with E-state index < -0.39 is 0 Å². The molecule has 12 rings (SSSR count). The first-order valence-electron chi connectivity index (χ1n) is 22.6. The Balaban J connectivity index is 0.000000173. The van der Waals surface area contributed by atoms with E-state index in [1.54, 1.807) is 6.07 Å². The molecule has 1 atom stereocenters. The number of hydrogen-bond donors (Lipinski definition) is 1. The molecule has 12 aromatic rings. The van der Waals surface area contributed by atoms with Gasteiger partial charge < -0.3 is 14.2 Å². The van der Waals surface area contributed by atoms with Crippen LogP contribution in [0.5, 0.6) is 0 Å². The molecule has 0 aliphatic carbocycles. The molecule has 343 valence electrons. The number of nitrogens with zero attached hydrogens (tertiary/aromatic N) is 3. The molecule has 0 saturated carbocycles. The van der Waals surface area contributed by atoms with E-state index in [1.807, 2.05) is 30.3 Å². The summed E-state index contributed by atoms with van der Waals surface area (Å²) in [5.74, 6) is -0.430. The van der Waals surface area contributed by atoms with Crippen molar-refractivity contribution in [2.45, 2.75) is 13.8 Å². The minimum atomic E-state index is -0.368. The molecule has 5 nitrogen and oxygen atoms in total. The molecular formula is C61H47BFIrN3O2P-. The molecule has 3 aromatic heterocycles. The van der Waals surface area contributed by atoms with E-state index >= 15 is 0 Å².